The van der Waals surface area contributed by atoms with Crippen molar-refractivity contribution in [3.05, 3.63) is 18.0 Å². The Bertz CT molecular complexity index is 444. The van der Waals surface area contributed by atoms with E-state index in [1.165, 1.54) is 0 Å². The highest BCUT2D eigenvalue weighted by Gasteiger charge is 2.34. The molecular formula is C12H16F3N3O. The molecule has 1 aliphatic carbocycles. The maximum Gasteiger partial charge on any atom is 0.433 e. The summed E-state index contributed by atoms with van der Waals surface area (Å²) in [6.45, 7) is 2.56. The van der Waals surface area contributed by atoms with E-state index in [1.807, 2.05) is 6.92 Å². The van der Waals surface area contributed by atoms with Gasteiger partial charge in [-0.1, -0.05) is 0 Å². The number of rotatable bonds is 4. The van der Waals surface area contributed by atoms with E-state index in [2.05, 4.69) is 10.3 Å². The van der Waals surface area contributed by atoms with E-state index in [-0.39, 0.29) is 23.5 Å². The summed E-state index contributed by atoms with van der Waals surface area (Å²) in [7, 11) is 0. The fourth-order valence-electron chi connectivity index (χ4n) is 2.02. The number of anilines is 2. The Morgan fingerprint density at radius 1 is 1.47 bits per heavy atom. The standard InChI is InChI=1S/C12H16F3N3O/c1-2-19-8-3-7(4-8)18-10-5-11(12(13,14)15)17-6-9(10)16/h5-8H,2-4,16H2,1H3,(H,17,18). The maximum absolute atomic E-state index is 12.5. The number of alkyl halides is 3. The topological polar surface area (TPSA) is 60.2 Å². The molecule has 0 amide bonds. The second-order valence-corrected chi connectivity index (χ2v) is 4.54. The van der Waals surface area contributed by atoms with E-state index in [9.17, 15) is 13.2 Å². The SMILES string of the molecule is CCOC1CC(Nc2cc(C(F)(F)F)ncc2N)C1. The molecule has 19 heavy (non-hydrogen) atoms. The van der Waals surface area contributed by atoms with Gasteiger partial charge < -0.3 is 15.8 Å². The van der Waals surface area contributed by atoms with Gasteiger partial charge >= 0.3 is 6.18 Å². The minimum Gasteiger partial charge on any atom is -0.396 e. The summed E-state index contributed by atoms with van der Waals surface area (Å²) in [6.07, 6.45) is -1.69. The Morgan fingerprint density at radius 2 is 2.16 bits per heavy atom. The number of hydrogen-bond donors (Lipinski definition) is 2. The number of pyridine rings is 1. The van der Waals surface area contributed by atoms with Gasteiger partial charge in [-0.05, 0) is 25.8 Å². The largest absolute Gasteiger partial charge is 0.433 e. The van der Waals surface area contributed by atoms with Crippen LogP contribution in [0.3, 0.4) is 0 Å². The molecule has 0 bridgehead atoms. The monoisotopic (exact) mass is 275 g/mol. The zero-order valence-electron chi connectivity index (χ0n) is 10.5. The fourth-order valence-corrected chi connectivity index (χ4v) is 2.02. The number of nitrogen functional groups attached to an aromatic ring is 1. The van der Waals surface area contributed by atoms with Crippen LogP contribution in [-0.4, -0.2) is 23.7 Å². The van der Waals surface area contributed by atoms with Crippen LogP contribution in [0.2, 0.25) is 0 Å². The van der Waals surface area contributed by atoms with Gasteiger partial charge in [-0.15, -0.1) is 0 Å². The minimum atomic E-state index is -4.46. The molecule has 0 spiro atoms. The van der Waals surface area contributed by atoms with Crippen molar-refractivity contribution in [2.75, 3.05) is 17.7 Å². The van der Waals surface area contributed by atoms with Crippen molar-refractivity contribution in [1.82, 2.24) is 4.98 Å². The van der Waals surface area contributed by atoms with Crippen molar-refractivity contribution in [3.8, 4) is 0 Å². The summed E-state index contributed by atoms with van der Waals surface area (Å²) in [4.78, 5) is 3.29. The summed E-state index contributed by atoms with van der Waals surface area (Å²) in [6, 6.07) is 1.05. The molecule has 2 rings (SSSR count). The highest BCUT2D eigenvalue weighted by atomic mass is 19.4. The summed E-state index contributed by atoms with van der Waals surface area (Å²) in [5, 5.41) is 3.00. The van der Waals surface area contributed by atoms with Crippen LogP contribution in [0.15, 0.2) is 12.3 Å². The van der Waals surface area contributed by atoms with Gasteiger partial charge in [0, 0.05) is 12.6 Å². The Balaban J connectivity index is 2.01. The third-order valence-corrected chi connectivity index (χ3v) is 3.08. The molecule has 0 unspecified atom stereocenters. The van der Waals surface area contributed by atoms with Gasteiger partial charge in [0.25, 0.3) is 0 Å². The number of aromatic nitrogens is 1. The minimum absolute atomic E-state index is 0.0994. The summed E-state index contributed by atoms with van der Waals surface area (Å²) >= 11 is 0. The molecule has 1 aromatic rings. The molecule has 1 heterocycles. The normalized spacial score (nSPS) is 22.9. The van der Waals surface area contributed by atoms with Gasteiger partial charge in [-0.3, -0.25) is 0 Å². The number of nitrogens with zero attached hydrogens (tertiary/aromatic N) is 1. The molecule has 3 N–H and O–H groups in total. The smallest absolute Gasteiger partial charge is 0.396 e. The lowest BCUT2D eigenvalue weighted by Crippen LogP contribution is -2.41. The first-order valence-corrected chi connectivity index (χ1v) is 6.11. The Kier molecular flexibility index (Phi) is 3.84. The molecule has 1 aromatic heterocycles. The molecule has 7 heteroatoms. The van der Waals surface area contributed by atoms with Crippen molar-refractivity contribution in [2.45, 2.75) is 38.1 Å². The lowest BCUT2D eigenvalue weighted by molar-refractivity contribution is -0.141. The summed E-state index contributed by atoms with van der Waals surface area (Å²) < 4.78 is 43.0. The molecule has 0 aromatic carbocycles. The lowest BCUT2D eigenvalue weighted by Gasteiger charge is -2.36. The van der Waals surface area contributed by atoms with E-state index in [0.29, 0.717) is 6.61 Å². The van der Waals surface area contributed by atoms with Crippen LogP contribution in [0, 0.1) is 0 Å². The number of halogens is 3. The van der Waals surface area contributed by atoms with E-state index in [4.69, 9.17) is 10.5 Å². The highest BCUT2D eigenvalue weighted by Crippen LogP contribution is 2.33. The summed E-state index contributed by atoms with van der Waals surface area (Å²) in [5.74, 6) is 0. The number of nitrogens with one attached hydrogen (secondary N) is 1. The average molecular weight is 275 g/mol. The zero-order valence-corrected chi connectivity index (χ0v) is 10.5. The van der Waals surface area contributed by atoms with Crippen LogP contribution in [0.4, 0.5) is 24.5 Å². The first-order chi connectivity index (χ1) is 8.90. The Labute approximate surface area is 109 Å². The zero-order chi connectivity index (χ0) is 14.0. The molecule has 0 radical (unpaired) electrons. The molecule has 106 valence electrons. The predicted octanol–water partition coefficient (Wildman–Crippen LogP) is 2.66. The van der Waals surface area contributed by atoms with Gasteiger partial charge in [0.1, 0.15) is 5.69 Å². The van der Waals surface area contributed by atoms with Gasteiger partial charge in [0.05, 0.1) is 23.7 Å². The van der Waals surface area contributed by atoms with Crippen LogP contribution in [-0.2, 0) is 10.9 Å². The van der Waals surface area contributed by atoms with Crippen LogP contribution < -0.4 is 11.1 Å². The molecule has 0 atom stereocenters. The van der Waals surface area contributed by atoms with Crippen molar-refractivity contribution in [2.24, 2.45) is 0 Å². The lowest BCUT2D eigenvalue weighted by atomic mass is 9.89. The molecule has 1 fully saturated rings. The van der Waals surface area contributed by atoms with Crippen LogP contribution >= 0.6 is 0 Å². The molecule has 4 nitrogen and oxygen atoms in total. The quantitative estimate of drug-likeness (QED) is 0.887. The van der Waals surface area contributed by atoms with E-state index in [0.717, 1.165) is 25.1 Å². The summed E-state index contributed by atoms with van der Waals surface area (Å²) in [5.41, 5.74) is 5.19. The van der Waals surface area contributed by atoms with E-state index in [1.54, 1.807) is 0 Å². The van der Waals surface area contributed by atoms with Crippen molar-refractivity contribution in [1.29, 1.82) is 0 Å². The predicted molar refractivity (Wildman–Crippen MR) is 65.7 cm³/mol. The van der Waals surface area contributed by atoms with Gasteiger partial charge in [-0.25, -0.2) is 4.98 Å². The molecular weight excluding hydrogens is 259 g/mol. The molecule has 1 aliphatic rings. The third-order valence-electron chi connectivity index (χ3n) is 3.08. The first-order valence-electron chi connectivity index (χ1n) is 6.11. The molecule has 0 saturated heterocycles. The van der Waals surface area contributed by atoms with Crippen LogP contribution in [0.1, 0.15) is 25.5 Å². The van der Waals surface area contributed by atoms with Gasteiger partial charge in [0.15, 0.2) is 0 Å². The van der Waals surface area contributed by atoms with Crippen molar-refractivity contribution in [3.63, 3.8) is 0 Å². The first kappa shape index (κ1) is 13.9. The fraction of sp³-hybridized carbons (Fsp3) is 0.583. The van der Waals surface area contributed by atoms with Gasteiger partial charge in [-0.2, -0.15) is 13.2 Å². The Morgan fingerprint density at radius 3 is 2.74 bits per heavy atom. The van der Waals surface area contributed by atoms with Crippen molar-refractivity contribution < 1.29 is 17.9 Å². The average Bonchev–Trinajstić information content (AvgIpc) is 2.27. The second kappa shape index (κ2) is 5.24. The van der Waals surface area contributed by atoms with Crippen molar-refractivity contribution >= 4 is 11.4 Å². The van der Waals surface area contributed by atoms with Crippen LogP contribution in [0.5, 0.6) is 0 Å². The highest BCUT2D eigenvalue weighted by molar-refractivity contribution is 5.66. The Hall–Kier alpha value is -1.50. The molecule has 0 aliphatic heterocycles. The number of ether oxygens (including phenoxy) is 1. The second-order valence-electron chi connectivity index (χ2n) is 4.54. The van der Waals surface area contributed by atoms with Gasteiger partial charge in [0.2, 0.25) is 0 Å². The van der Waals surface area contributed by atoms with E-state index >= 15 is 0 Å². The maximum atomic E-state index is 12.5. The van der Waals surface area contributed by atoms with E-state index < -0.39 is 11.9 Å². The number of hydrogen-bond acceptors (Lipinski definition) is 4. The molecule has 1 saturated carbocycles. The third kappa shape index (κ3) is 3.28. The number of nitrogens with two attached hydrogens (primary N) is 1. The van der Waals surface area contributed by atoms with Crippen LogP contribution in [0.25, 0.3) is 0 Å².